The summed E-state index contributed by atoms with van der Waals surface area (Å²) in [5.74, 6) is 1.22. The molecular formula is C11H15NO2. The first-order valence-electron chi connectivity index (χ1n) is 4.85. The van der Waals surface area contributed by atoms with Crippen molar-refractivity contribution >= 4 is 0 Å². The van der Waals surface area contributed by atoms with Crippen LogP contribution in [0.5, 0.6) is 11.5 Å². The Morgan fingerprint density at radius 1 is 1.50 bits per heavy atom. The largest absolute Gasteiger partial charge is 0.504 e. The van der Waals surface area contributed by atoms with Crippen molar-refractivity contribution < 1.29 is 9.84 Å². The first-order valence-corrected chi connectivity index (χ1v) is 4.85. The molecule has 0 saturated heterocycles. The number of phenolic OH excluding ortho intramolecular Hbond substituents is 1. The van der Waals surface area contributed by atoms with Gasteiger partial charge in [0, 0.05) is 11.6 Å². The van der Waals surface area contributed by atoms with Gasteiger partial charge in [-0.1, -0.05) is 12.1 Å². The van der Waals surface area contributed by atoms with Crippen LogP contribution in [0.25, 0.3) is 0 Å². The Bertz CT molecular complexity index is 334. The Labute approximate surface area is 83.5 Å². The second-order valence-corrected chi connectivity index (χ2v) is 3.76. The molecule has 0 aromatic heterocycles. The standard InChI is InChI=1S/C11H15NO2/c1-14-9-4-2-3-8(11(9)13)10(12)7-5-6-7/h2-4,7,10,13H,5-6,12H2,1H3/t10-/m0/s1. The van der Waals surface area contributed by atoms with E-state index in [1.54, 1.807) is 13.2 Å². The Balaban J connectivity index is 2.31. The van der Waals surface area contributed by atoms with E-state index >= 15 is 0 Å². The fourth-order valence-corrected chi connectivity index (χ4v) is 1.68. The summed E-state index contributed by atoms with van der Waals surface area (Å²) < 4.78 is 5.03. The zero-order valence-electron chi connectivity index (χ0n) is 8.23. The highest BCUT2D eigenvalue weighted by molar-refractivity contribution is 5.47. The summed E-state index contributed by atoms with van der Waals surface area (Å²) in [6.07, 6.45) is 2.33. The zero-order valence-corrected chi connectivity index (χ0v) is 8.23. The van der Waals surface area contributed by atoms with E-state index in [9.17, 15) is 5.11 Å². The van der Waals surface area contributed by atoms with Crippen LogP contribution in [0, 0.1) is 5.92 Å². The molecule has 0 spiro atoms. The molecule has 0 radical (unpaired) electrons. The van der Waals surface area contributed by atoms with Crippen LogP contribution >= 0.6 is 0 Å². The molecule has 3 N–H and O–H groups in total. The van der Waals surface area contributed by atoms with Gasteiger partial charge >= 0.3 is 0 Å². The Morgan fingerprint density at radius 3 is 2.79 bits per heavy atom. The minimum absolute atomic E-state index is 0.0508. The number of hydrogen-bond donors (Lipinski definition) is 2. The predicted octanol–water partition coefficient (Wildman–Crippen LogP) is 1.81. The van der Waals surface area contributed by atoms with Crippen molar-refractivity contribution in [2.75, 3.05) is 7.11 Å². The maximum atomic E-state index is 9.83. The molecule has 1 atom stereocenters. The van der Waals surface area contributed by atoms with Gasteiger partial charge in [-0.25, -0.2) is 0 Å². The molecule has 0 amide bonds. The zero-order chi connectivity index (χ0) is 10.1. The number of aromatic hydroxyl groups is 1. The second-order valence-electron chi connectivity index (χ2n) is 3.76. The van der Waals surface area contributed by atoms with Crippen molar-refractivity contribution in [2.24, 2.45) is 11.7 Å². The van der Waals surface area contributed by atoms with Crippen LogP contribution in [-0.2, 0) is 0 Å². The van der Waals surface area contributed by atoms with Gasteiger partial charge in [-0.3, -0.25) is 0 Å². The molecule has 0 bridgehead atoms. The second kappa shape index (κ2) is 3.50. The Kier molecular flexibility index (Phi) is 2.33. The number of ether oxygens (including phenoxy) is 1. The van der Waals surface area contributed by atoms with E-state index in [1.165, 1.54) is 0 Å². The monoisotopic (exact) mass is 193 g/mol. The average molecular weight is 193 g/mol. The number of para-hydroxylation sites is 1. The van der Waals surface area contributed by atoms with Crippen molar-refractivity contribution in [3.8, 4) is 11.5 Å². The molecule has 1 aliphatic carbocycles. The van der Waals surface area contributed by atoms with Crippen LogP contribution in [0.15, 0.2) is 18.2 Å². The van der Waals surface area contributed by atoms with Crippen LogP contribution < -0.4 is 10.5 Å². The highest BCUT2D eigenvalue weighted by Gasteiger charge is 2.31. The third-order valence-electron chi connectivity index (χ3n) is 2.74. The van der Waals surface area contributed by atoms with Gasteiger partial charge in [0.1, 0.15) is 0 Å². The number of methoxy groups -OCH3 is 1. The minimum atomic E-state index is -0.0508. The molecule has 1 fully saturated rings. The highest BCUT2D eigenvalue weighted by Crippen LogP contribution is 2.43. The minimum Gasteiger partial charge on any atom is -0.504 e. The smallest absolute Gasteiger partial charge is 0.162 e. The summed E-state index contributed by atoms with van der Waals surface area (Å²) >= 11 is 0. The molecule has 1 aliphatic rings. The highest BCUT2D eigenvalue weighted by atomic mass is 16.5. The van der Waals surface area contributed by atoms with E-state index < -0.39 is 0 Å². The molecule has 0 unspecified atom stereocenters. The van der Waals surface area contributed by atoms with Gasteiger partial charge in [-0.05, 0) is 24.8 Å². The van der Waals surface area contributed by atoms with Crippen LogP contribution in [0.2, 0.25) is 0 Å². The molecule has 14 heavy (non-hydrogen) atoms. The van der Waals surface area contributed by atoms with Gasteiger partial charge in [0.15, 0.2) is 11.5 Å². The summed E-state index contributed by atoms with van der Waals surface area (Å²) in [7, 11) is 1.54. The molecule has 1 aromatic rings. The first-order chi connectivity index (χ1) is 6.74. The molecule has 76 valence electrons. The molecule has 3 nitrogen and oxygen atoms in total. The fraction of sp³-hybridized carbons (Fsp3) is 0.455. The number of phenols is 1. The topological polar surface area (TPSA) is 55.5 Å². The van der Waals surface area contributed by atoms with Crippen LogP contribution in [0.3, 0.4) is 0 Å². The molecule has 3 heteroatoms. The molecule has 2 rings (SSSR count). The average Bonchev–Trinajstić information content (AvgIpc) is 3.00. The lowest BCUT2D eigenvalue weighted by Crippen LogP contribution is -2.12. The molecule has 1 saturated carbocycles. The van der Waals surface area contributed by atoms with Crippen molar-refractivity contribution in [1.82, 2.24) is 0 Å². The van der Waals surface area contributed by atoms with Gasteiger partial charge < -0.3 is 15.6 Å². The number of nitrogens with two attached hydrogens (primary N) is 1. The van der Waals surface area contributed by atoms with Gasteiger partial charge in [0.25, 0.3) is 0 Å². The molecular weight excluding hydrogens is 178 g/mol. The maximum Gasteiger partial charge on any atom is 0.162 e. The van der Waals surface area contributed by atoms with E-state index in [2.05, 4.69) is 0 Å². The third kappa shape index (κ3) is 1.55. The summed E-state index contributed by atoms with van der Waals surface area (Å²) in [6.45, 7) is 0. The van der Waals surface area contributed by atoms with Crippen LogP contribution in [0.4, 0.5) is 0 Å². The first kappa shape index (κ1) is 9.34. The van der Waals surface area contributed by atoms with Crippen molar-refractivity contribution in [2.45, 2.75) is 18.9 Å². The lowest BCUT2D eigenvalue weighted by molar-refractivity contribution is 0.367. The molecule has 0 heterocycles. The lowest BCUT2D eigenvalue weighted by Gasteiger charge is -2.14. The lowest BCUT2D eigenvalue weighted by atomic mass is 10.0. The van der Waals surface area contributed by atoms with Crippen LogP contribution in [0.1, 0.15) is 24.4 Å². The normalized spacial score (nSPS) is 17.9. The van der Waals surface area contributed by atoms with Gasteiger partial charge in [0.2, 0.25) is 0 Å². The maximum absolute atomic E-state index is 9.83. The van der Waals surface area contributed by atoms with Gasteiger partial charge in [0.05, 0.1) is 7.11 Å². The summed E-state index contributed by atoms with van der Waals surface area (Å²) in [5, 5.41) is 9.83. The van der Waals surface area contributed by atoms with E-state index in [1.807, 2.05) is 12.1 Å². The SMILES string of the molecule is COc1cccc([C@@H](N)C2CC2)c1O. The van der Waals surface area contributed by atoms with E-state index in [4.69, 9.17) is 10.5 Å². The van der Waals surface area contributed by atoms with Crippen molar-refractivity contribution in [1.29, 1.82) is 0 Å². The molecule has 0 aliphatic heterocycles. The summed E-state index contributed by atoms with van der Waals surface area (Å²) in [5.41, 5.74) is 6.81. The number of benzene rings is 1. The van der Waals surface area contributed by atoms with Crippen molar-refractivity contribution in [3.63, 3.8) is 0 Å². The quantitative estimate of drug-likeness (QED) is 0.769. The fourth-order valence-electron chi connectivity index (χ4n) is 1.68. The van der Waals surface area contributed by atoms with Gasteiger partial charge in [-0.2, -0.15) is 0 Å². The predicted molar refractivity (Wildman–Crippen MR) is 54.3 cm³/mol. The Hall–Kier alpha value is -1.22. The third-order valence-corrected chi connectivity index (χ3v) is 2.74. The van der Waals surface area contributed by atoms with Crippen LogP contribution in [-0.4, -0.2) is 12.2 Å². The van der Waals surface area contributed by atoms with E-state index in [-0.39, 0.29) is 11.8 Å². The van der Waals surface area contributed by atoms with E-state index in [0.29, 0.717) is 11.7 Å². The number of hydrogen-bond acceptors (Lipinski definition) is 3. The van der Waals surface area contributed by atoms with Gasteiger partial charge in [-0.15, -0.1) is 0 Å². The summed E-state index contributed by atoms with van der Waals surface area (Å²) in [6, 6.07) is 5.40. The Morgan fingerprint density at radius 2 is 2.21 bits per heavy atom. The number of rotatable bonds is 3. The van der Waals surface area contributed by atoms with E-state index in [0.717, 1.165) is 18.4 Å². The molecule has 1 aromatic carbocycles. The van der Waals surface area contributed by atoms with Crippen molar-refractivity contribution in [3.05, 3.63) is 23.8 Å². The summed E-state index contributed by atoms with van der Waals surface area (Å²) in [4.78, 5) is 0.